The number of hydrogen-bond acceptors (Lipinski definition) is 3. The van der Waals surface area contributed by atoms with Crippen LogP contribution in [0.15, 0.2) is 0 Å². The Morgan fingerprint density at radius 1 is 0.880 bits per heavy atom. The van der Waals surface area contributed by atoms with Crippen molar-refractivity contribution in [2.24, 2.45) is 23.5 Å². The van der Waals surface area contributed by atoms with Crippen molar-refractivity contribution in [2.75, 3.05) is 32.7 Å². The quantitative estimate of drug-likeness (QED) is 0.807. The fourth-order valence-electron chi connectivity index (χ4n) is 4.84. The van der Waals surface area contributed by atoms with Crippen molar-refractivity contribution in [3.63, 3.8) is 0 Å². The van der Waals surface area contributed by atoms with Crippen LogP contribution in [0.25, 0.3) is 0 Å². The molecule has 0 aromatic carbocycles. The smallest absolute Gasteiger partial charge is 0.226 e. The summed E-state index contributed by atoms with van der Waals surface area (Å²) in [5.41, 5.74) is 5.81. The van der Waals surface area contributed by atoms with Crippen LogP contribution in [0.2, 0.25) is 0 Å². The summed E-state index contributed by atoms with van der Waals surface area (Å²) in [5.74, 6) is 1.83. The maximum Gasteiger partial charge on any atom is 0.226 e. The first-order valence-electron chi connectivity index (χ1n) is 9.95. The zero-order valence-electron chi connectivity index (χ0n) is 15.3. The molecular weight excluding hydrogens is 338 g/mol. The number of amides is 2. The second-order valence-corrected chi connectivity index (χ2v) is 7.93. The molecule has 2 amide bonds. The molecule has 1 saturated heterocycles. The van der Waals surface area contributed by atoms with Crippen molar-refractivity contribution in [2.45, 2.75) is 57.8 Å². The Morgan fingerprint density at radius 2 is 1.52 bits per heavy atom. The van der Waals surface area contributed by atoms with Gasteiger partial charge in [0.05, 0.1) is 0 Å². The minimum absolute atomic E-state index is 0. The molecule has 144 valence electrons. The molecule has 2 N–H and O–H groups in total. The summed E-state index contributed by atoms with van der Waals surface area (Å²) in [7, 11) is 0. The van der Waals surface area contributed by atoms with Crippen molar-refractivity contribution in [1.29, 1.82) is 0 Å². The lowest BCUT2D eigenvalue weighted by Gasteiger charge is -2.37. The van der Waals surface area contributed by atoms with Crippen LogP contribution < -0.4 is 5.73 Å². The molecule has 1 heterocycles. The average Bonchev–Trinajstić information content (AvgIpc) is 3.30. The number of nitrogens with zero attached hydrogens (tertiary/aromatic N) is 2. The molecule has 25 heavy (non-hydrogen) atoms. The summed E-state index contributed by atoms with van der Waals surface area (Å²) < 4.78 is 0. The molecule has 3 aliphatic rings. The molecule has 2 aliphatic carbocycles. The van der Waals surface area contributed by atoms with Gasteiger partial charge < -0.3 is 15.5 Å². The molecular formula is C19H34ClN3O2. The number of halogens is 1. The van der Waals surface area contributed by atoms with Gasteiger partial charge in [0.25, 0.3) is 0 Å². The highest BCUT2D eigenvalue weighted by Crippen LogP contribution is 2.33. The maximum atomic E-state index is 12.7. The van der Waals surface area contributed by atoms with Crippen LogP contribution in [-0.2, 0) is 9.59 Å². The van der Waals surface area contributed by atoms with Gasteiger partial charge in [-0.15, -0.1) is 12.4 Å². The number of piperazine rings is 1. The lowest BCUT2D eigenvalue weighted by molar-refractivity contribution is -0.143. The fourth-order valence-corrected chi connectivity index (χ4v) is 4.84. The molecule has 2 saturated carbocycles. The Hall–Kier alpha value is -0.810. The van der Waals surface area contributed by atoms with Crippen molar-refractivity contribution in [1.82, 2.24) is 9.80 Å². The molecule has 0 bridgehead atoms. The van der Waals surface area contributed by atoms with E-state index in [1.54, 1.807) is 0 Å². The predicted octanol–water partition coefficient (Wildman–Crippen LogP) is 2.42. The highest BCUT2D eigenvalue weighted by molar-refractivity contribution is 5.85. The van der Waals surface area contributed by atoms with Crippen LogP contribution in [0.1, 0.15) is 57.8 Å². The summed E-state index contributed by atoms with van der Waals surface area (Å²) in [4.78, 5) is 29.0. The van der Waals surface area contributed by atoms with Gasteiger partial charge in [-0.3, -0.25) is 9.59 Å². The standard InChI is InChI=1S/C19H33N3O2.ClH/c20-14-16-6-3-7-17(16)19(24)22-12-10-21(11-13-22)18(23)9-8-15-4-1-2-5-15;/h15-17H,1-14,20H2;1H/t16-,17-;/m1./s1. The van der Waals surface area contributed by atoms with Gasteiger partial charge >= 0.3 is 0 Å². The third-order valence-corrected chi connectivity index (χ3v) is 6.46. The third kappa shape index (κ3) is 5.10. The van der Waals surface area contributed by atoms with Gasteiger partial charge in [-0.1, -0.05) is 32.1 Å². The Labute approximate surface area is 158 Å². The summed E-state index contributed by atoms with van der Waals surface area (Å²) in [6.07, 6.45) is 10.2. The highest BCUT2D eigenvalue weighted by Gasteiger charge is 2.36. The van der Waals surface area contributed by atoms with Crippen LogP contribution in [0.4, 0.5) is 0 Å². The molecule has 6 heteroatoms. The molecule has 2 atom stereocenters. The van der Waals surface area contributed by atoms with E-state index in [1.165, 1.54) is 25.7 Å². The molecule has 1 aliphatic heterocycles. The number of nitrogens with two attached hydrogens (primary N) is 1. The van der Waals surface area contributed by atoms with Crippen molar-refractivity contribution in [3.05, 3.63) is 0 Å². The van der Waals surface area contributed by atoms with E-state index in [4.69, 9.17) is 5.73 Å². The van der Waals surface area contributed by atoms with E-state index < -0.39 is 0 Å². The normalized spacial score (nSPS) is 27.4. The van der Waals surface area contributed by atoms with Crippen molar-refractivity contribution < 1.29 is 9.59 Å². The molecule has 0 aromatic heterocycles. The first-order valence-corrected chi connectivity index (χ1v) is 9.95. The molecule has 0 unspecified atom stereocenters. The topological polar surface area (TPSA) is 66.6 Å². The summed E-state index contributed by atoms with van der Waals surface area (Å²) in [6.45, 7) is 3.42. The number of carbonyl (C=O) groups excluding carboxylic acids is 2. The van der Waals surface area contributed by atoms with E-state index in [2.05, 4.69) is 0 Å². The second-order valence-electron chi connectivity index (χ2n) is 7.93. The number of carbonyl (C=O) groups is 2. The minimum Gasteiger partial charge on any atom is -0.339 e. The van der Waals surface area contributed by atoms with Crippen LogP contribution in [-0.4, -0.2) is 54.3 Å². The van der Waals surface area contributed by atoms with Gasteiger partial charge in [0.15, 0.2) is 0 Å². The zero-order valence-corrected chi connectivity index (χ0v) is 16.1. The summed E-state index contributed by atoms with van der Waals surface area (Å²) >= 11 is 0. The SMILES string of the molecule is Cl.NC[C@H]1CCC[C@H]1C(=O)N1CCN(C(=O)CCC2CCCC2)CC1. The van der Waals surface area contributed by atoms with Crippen LogP contribution in [0, 0.1) is 17.8 Å². The average molecular weight is 372 g/mol. The van der Waals surface area contributed by atoms with Gasteiger partial charge in [-0.05, 0) is 37.6 Å². The van der Waals surface area contributed by atoms with Crippen LogP contribution >= 0.6 is 12.4 Å². The van der Waals surface area contributed by atoms with E-state index >= 15 is 0 Å². The van der Waals surface area contributed by atoms with E-state index in [0.29, 0.717) is 45.1 Å². The fraction of sp³-hybridized carbons (Fsp3) is 0.895. The van der Waals surface area contributed by atoms with E-state index in [-0.39, 0.29) is 30.1 Å². The van der Waals surface area contributed by atoms with Gasteiger partial charge in [0.2, 0.25) is 11.8 Å². The van der Waals surface area contributed by atoms with Gasteiger partial charge in [-0.2, -0.15) is 0 Å². The molecule has 0 radical (unpaired) electrons. The first-order chi connectivity index (χ1) is 11.7. The Balaban J connectivity index is 0.00000225. The largest absolute Gasteiger partial charge is 0.339 e. The molecule has 0 spiro atoms. The minimum atomic E-state index is 0. The third-order valence-electron chi connectivity index (χ3n) is 6.46. The van der Waals surface area contributed by atoms with Crippen LogP contribution in [0.5, 0.6) is 0 Å². The Morgan fingerprint density at radius 3 is 2.16 bits per heavy atom. The monoisotopic (exact) mass is 371 g/mol. The zero-order chi connectivity index (χ0) is 16.9. The van der Waals surface area contributed by atoms with Crippen molar-refractivity contribution in [3.8, 4) is 0 Å². The van der Waals surface area contributed by atoms with Gasteiger partial charge in [0, 0.05) is 38.5 Å². The molecule has 3 rings (SSSR count). The Kier molecular flexibility index (Phi) is 8.01. The van der Waals surface area contributed by atoms with Gasteiger partial charge in [-0.25, -0.2) is 0 Å². The maximum absolute atomic E-state index is 12.7. The summed E-state index contributed by atoms with van der Waals surface area (Å²) in [5, 5.41) is 0. The Bertz CT molecular complexity index is 446. The summed E-state index contributed by atoms with van der Waals surface area (Å²) in [6, 6.07) is 0. The second kappa shape index (κ2) is 9.77. The molecule has 5 nitrogen and oxygen atoms in total. The van der Waals surface area contributed by atoms with Crippen LogP contribution in [0.3, 0.4) is 0 Å². The number of hydrogen-bond donors (Lipinski definition) is 1. The molecule has 0 aromatic rings. The lowest BCUT2D eigenvalue weighted by Crippen LogP contribution is -2.52. The van der Waals surface area contributed by atoms with E-state index in [0.717, 1.165) is 31.6 Å². The van der Waals surface area contributed by atoms with Crippen molar-refractivity contribution >= 4 is 24.2 Å². The van der Waals surface area contributed by atoms with E-state index in [9.17, 15) is 9.59 Å². The number of rotatable bonds is 5. The van der Waals surface area contributed by atoms with Gasteiger partial charge in [0.1, 0.15) is 0 Å². The lowest BCUT2D eigenvalue weighted by atomic mass is 9.94. The van der Waals surface area contributed by atoms with E-state index in [1.807, 2.05) is 9.80 Å². The molecule has 3 fully saturated rings. The predicted molar refractivity (Wildman–Crippen MR) is 101 cm³/mol. The highest BCUT2D eigenvalue weighted by atomic mass is 35.5. The first kappa shape index (κ1) is 20.5.